The predicted octanol–water partition coefficient (Wildman–Crippen LogP) is 4.21. The molecule has 34 heavy (non-hydrogen) atoms. The van der Waals surface area contributed by atoms with Crippen molar-refractivity contribution in [3.8, 4) is 17.2 Å². The first-order valence-electron chi connectivity index (χ1n) is 10.7. The number of aliphatic hydroxyl groups excluding tert-OH is 1. The van der Waals surface area contributed by atoms with Crippen LogP contribution in [0.1, 0.15) is 31.0 Å². The topological polar surface area (TPSA) is 94.5 Å². The van der Waals surface area contributed by atoms with E-state index in [-0.39, 0.29) is 46.9 Å². The van der Waals surface area contributed by atoms with Crippen LogP contribution in [-0.2, 0) is 14.3 Å². The first kappa shape index (κ1) is 25.4. The van der Waals surface area contributed by atoms with Crippen LogP contribution in [0.5, 0.6) is 17.2 Å². The molecule has 9 heteroatoms. The van der Waals surface area contributed by atoms with Gasteiger partial charge in [0.1, 0.15) is 23.0 Å². The van der Waals surface area contributed by atoms with Gasteiger partial charge in [-0.3, -0.25) is 9.59 Å². The molecule has 1 unspecified atom stereocenters. The Bertz CT molecular complexity index is 1100. The third-order valence-electron chi connectivity index (χ3n) is 5.48. The Morgan fingerprint density at radius 3 is 2.24 bits per heavy atom. The zero-order valence-electron chi connectivity index (χ0n) is 19.8. The van der Waals surface area contributed by atoms with Crippen LogP contribution >= 0.6 is 11.6 Å². The van der Waals surface area contributed by atoms with Gasteiger partial charge in [0, 0.05) is 12.6 Å². The smallest absolute Gasteiger partial charge is 0.295 e. The maximum Gasteiger partial charge on any atom is 0.295 e. The van der Waals surface area contributed by atoms with Gasteiger partial charge in [0.05, 0.1) is 56.2 Å². The van der Waals surface area contributed by atoms with Gasteiger partial charge in [-0.15, -0.1) is 0 Å². The molecule has 1 fully saturated rings. The maximum atomic E-state index is 13.2. The molecule has 0 radical (unpaired) electrons. The molecule has 1 heterocycles. The van der Waals surface area contributed by atoms with E-state index in [1.807, 2.05) is 13.8 Å². The lowest BCUT2D eigenvalue weighted by atomic mass is 9.95. The van der Waals surface area contributed by atoms with Crippen LogP contribution in [0.4, 0.5) is 0 Å². The zero-order chi connectivity index (χ0) is 25.0. The number of halogens is 1. The average molecular weight is 490 g/mol. The van der Waals surface area contributed by atoms with E-state index < -0.39 is 23.5 Å². The van der Waals surface area contributed by atoms with Crippen LogP contribution < -0.4 is 14.2 Å². The average Bonchev–Trinajstić information content (AvgIpc) is 3.08. The fourth-order valence-corrected chi connectivity index (χ4v) is 4.05. The fraction of sp³-hybridized carbons (Fsp3) is 0.360. The van der Waals surface area contributed by atoms with Crippen molar-refractivity contribution in [2.45, 2.75) is 26.0 Å². The number of benzene rings is 2. The highest BCUT2D eigenvalue weighted by atomic mass is 35.5. The number of carbonyl (C=O) groups excluding carboxylic acids is 2. The van der Waals surface area contributed by atoms with Gasteiger partial charge in [0.15, 0.2) is 0 Å². The minimum atomic E-state index is -0.840. The van der Waals surface area contributed by atoms with Gasteiger partial charge in [-0.2, -0.15) is 0 Å². The van der Waals surface area contributed by atoms with Crippen molar-refractivity contribution < 1.29 is 33.6 Å². The molecule has 0 saturated carbocycles. The first-order chi connectivity index (χ1) is 16.2. The first-order valence-corrected chi connectivity index (χ1v) is 11.1. The number of amides is 1. The summed E-state index contributed by atoms with van der Waals surface area (Å²) < 4.78 is 21.5. The molecular formula is C25H28ClNO7. The zero-order valence-corrected chi connectivity index (χ0v) is 20.5. The van der Waals surface area contributed by atoms with E-state index in [1.54, 1.807) is 31.4 Å². The highest BCUT2D eigenvalue weighted by Crippen LogP contribution is 2.43. The Labute approximate surface area is 203 Å². The Morgan fingerprint density at radius 2 is 1.68 bits per heavy atom. The maximum absolute atomic E-state index is 13.2. The molecule has 2 aromatic carbocycles. The van der Waals surface area contributed by atoms with E-state index in [9.17, 15) is 14.7 Å². The van der Waals surface area contributed by atoms with E-state index >= 15 is 0 Å². The van der Waals surface area contributed by atoms with Crippen LogP contribution in [0.25, 0.3) is 5.76 Å². The van der Waals surface area contributed by atoms with Gasteiger partial charge in [-0.1, -0.05) is 23.7 Å². The number of ketones is 1. The molecule has 0 bridgehead atoms. The number of nitrogens with zero attached hydrogens (tertiary/aromatic N) is 1. The Kier molecular flexibility index (Phi) is 8.06. The summed E-state index contributed by atoms with van der Waals surface area (Å²) in [5.74, 6) is -0.796. The number of carbonyl (C=O) groups is 2. The van der Waals surface area contributed by atoms with Crippen molar-refractivity contribution in [2.24, 2.45) is 0 Å². The third kappa shape index (κ3) is 4.98. The summed E-state index contributed by atoms with van der Waals surface area (Å²) in [5, 5.41) is 11.6. The van der Waals surface area contributed by atoms with Crippen molar-refractivity contribution in [1.29, 1.82) is 0 Å². The molecule has 1 N–H and O–H groups in total. The summed E-state index contributed by atoms with van der Waals surface area (Å²) in [6.07, 6.45) is -0.0398. The standard InChI is InChI=1S/C25H28ClNO7/c1-14(2)34-11-10-27-22(15-6-8-16(31-3)9-7-15)21(24(29)25(27)30)23(28)17-12-20(33-5)18(26)13-19(17)32-4/h6-9,12-14,22,28H,10-11H2,1-5H3/b23-21+. The van der Waals surface area contributed by atoms with Crippen molar-refractivity contribution >= 4 is 29.1 Å². The van der Waals surface area contributed by atoms with Gasteiger partial charge in [-0.25, -0.2) is 0 Å². The molecule has 2 aromatic rings. The highest BCUT2D eigenvalue weighted by Gasteiger charge is 2.46. The summed E-state index contributed by atoms with van der Waals surface area (Å²) in [5.41, 5.74) is 0.743. The number of hydrogen-bond donors (Lipinski definition) is 1. The molecule has 182 valence electrons. The molecule has 1 aliphatic rings. The van der Waals surface area contributed by atoms with Crippen LogP contribution in [0.15, 0.2) is 42.0 Å². The number of Topliss-reactive ketones (excluding diaryl/α,β-unsaturated/α-hetero) is 1. The van der Waals surface area contributed by atoms with Crippen molar-refractivity contribution in [2.75, 3.05) is 34.5 Å². The van der Waals surface area contributed by atoms with E-state index in [0.717, 1.165) is 0 Å². The number of ether oxygens (including phenoxy) is 4. The molecule has 1 atom stereocenters. The molecule has 0 aromatic heterocycles. The largest absolute Gasteiger partial charge is 0.507 e. The Hall–Kier alpha value is -3.23. The predicted molar refractivity (Wildman–Crippen MR) is 128 cm³/mol. The molecule has 0 aliphatic carbocycles. The van der Waals surface area contributed by atoms with E-state index in [2.05, 4.69) is 0 Å². The fourth-order valence-electron chi connectivity index (χ4n) is 3.82. The Morgan fingerprint density at radius 1 is 1.03 bits per heavy atom. The lowest BCUT2D eigenvalue weighted by molar-refractivity contribution is -0.140. The van der Waals surface area contributed by atoms with Crippen LogP contribution in [0, 0.1) is 0 Å². The molecular weight excluding hydrogens is 462 g/mol. The molecule has 1 amide bonds. The van der Waals surface area contributed by atoms with Gasteiger partial charge < -0.3 is 29.0 Å². The molecule has 3 rings (SSSR count). The van der Waals surface area contributed by atoms with Gasteiger partial charge in [0.25, 0.3) is 11.7 Å². The summed E-state index contributed by atoms with van der Waals surface area (Å²) in [4.78, 5) is 27.6. The second-order valence-corrected chi connectivity index (χ2v) is 8.28. The lowest BCUT2D eigenvalue weighted by Gasteiger charge is -2.26. The number of hydrogen-bond acceptors (Lipinski definition) is 7. The molecule has 1 aliphatic heterocycles. The van der Waals surface area contributed by atoms with Crippen molar-refractivity contribution in [3.63, 3.8) is 0 Å². The Balaban J connectivity index is 2.18. The van der Waals surface area contributed by atoms with Crippen LogP contribution in [0.3, 0.4) is 0 Å². The second kappa shape index (κ2) is 10.8. The monoisotopic (exact) mass is 489 g/mol. The number of rotatable bonds is 9. The third-order valence-corrected chi connectivity index (χ3v) is 5.78. The van der Waals surface area contributed by atoms with Gasteiger partial charge in [0.2, 0.25) is 0 Å². The van der Waals surface area contributed by atoms with Crippen molar-refractivity contribution in [1.82, 2.24) is 4.90 Å². The van der Waals surface area contributed by atoms with E-state index in [0.29, 0.717) is 11.3 Å². The number of likely N-dealkylation sites (tertiary alicyclic amines) is 1. The second-order valence-electron chi connectivity index (χ2n) is 7.87. The number of methoxy groups -OCH3 is 3. The highest BCUT2D eigenvalue weighted by molar-refractivity contribution is 6.46. The lowest BCUT2D eigenvalue weighted by Crippen LogP contribution is -2.33. The molecule has 0 spiro atoms. The summed E-state index contributed by atoms with van der Waals surface area (Å²) in [6, 6.07) is 9.06. The summed E-state index contributed by atoms with van der Waals surface area (Å²) in [6.45, 7) is 4.16. The molecule has 1 saturated heterocycles. The van der Waals surface area contributed by atoms with E-state index in [1.165, 1.54) is 31.3 Å². The van der Waals surface area contributed by atoms with Crippen molar-refractivity contribution in [3.05, 3.63) is 58.1 Å². The minimum Gasteiger partial charge on any atom is -0.507 e. The van der Waals surface area contributed by atoms with Gasteiger partial charge in [-0.05, 0) is 37.6 Å². The summed E-state index contributed by atoms with van der Waals surface area (Å²) >= 11 is 6.20. The quantitative estimate of drug-likeness (QED) is 0.320. The number of aliphatic hydroxyl groups is 1. The summed E-state index contributed by atoms with van der Waals surface area (Å²) in [7, 11) is 4.39. The van der Waals surface area contributed by atoms with Gasteiger partial charge >= 0.3 is 0 Å². The normalized spacial score (nSPS) is 17.4. The minimum absolute atomic E-state index is 0.0398. The van der Waals surface area contributed by atoms with Crippen LogP contribution in [0.2, 0.25) is 5.02 Å². The van der Waals surface area contributed by atoms with Crippen LogP contribution in [-0.4, -0.2) is 62.3 Å². The molecule has 8 nitrogen and oxygen atoms in total. The van der Waals surface area contributed by atoms with E-state index in [4.69, 9.17) is 30.5 Å². The SMILES string of the molecule is COc1ccc(C2/C(=C(\O)c3cc(OC)c(Cl)cc3OC)C(=O)C(=O)N2CCOC(C)C)cc1.